The fourth-order valence-corrected chi connectivity index (χ4v) is 3.64. The van der Waals surface area contributed by atoms with Crippen LogP contribution in [0.5, 0.6) is 5.75 Å². The monoisotopic (exact) mass is 613 g/mol. The molecule has 0 saturated carbocycles. The van der Waals surface area contributed by atoms with E-state index in [1.807, 2.05) is 57.2 Å². The fourth-order valence-electron chi connectivity index (χ4n) is 3.44. The van der Waals surface area contributed by atoms with Crippen LogP contribution in [0.25, 0.3) is 28.2 Å². The van der Waals surface area contributed by atoms with E-state index in [0.29, 0.717) is 16.6 Å². The van der Waals surface area contributed by atoms with Gasteiger partial charge in [-0.15, -0.1) is 0 Å². The molecule has 0 unspecified atom stereocenters. The minimum Gasteiger partial charge on any atom is -0.462 e. The van der Waals surface area contributed by atoms with Crippen LogP contribution in [0.4, 0.5) is 20.3 Å². The quantitative estimate of drug-likeness (QED) is 0.132. The maximum absolute atomic E-state index is 11.6. The van der Waals surface area contributed by atoms with Crippen molar-refractivity contribution in [1.82, 2.24) is 24.6 Å². The van der Waals surface area contributed by atoms with E-state index in [1.165, 1.54) is 12.2 Å². The van der Waals surface area contributed by atoms with Crippen molar-refractivity contribution in [2.75, 3.05) is 25.2 Å². The molecule has 228 valence electrons. The van der Waals surface area contributed by atoms with E-state index >= 15 is 0 Å². The summed E-state index contributed by atoms with van der Waals surface area (Å²) < 4.78 is 29.2. The molecule has 0 amide bonds. The third-order valence-electron chi connectivity index (χ3n) is 5.08. The second-order valence-electron chi connectivity index (χ2n) is 7.71. The molecule has 5 rings (SSSR count). The predicted octanol–water partition coefficient (Wildman–Crippen LogP) is 6.31. The molecule has 0 aliphatic rings. The normalized spacial score (nSPS) is 9.42. The van der Waals surface area contributed by atoms with Gasteiger partial charge in [0, 0.05) is 43.9 Å². The zero-order valence-corrected chi connectivity index (χ0v) is 25.1. The number of aliphatic hydroxyl groups excluding tert-OH is 2. The Labute approximate surface area is 254 Å². The Balaban J connectivity index is 0.000000430. The first kappa shape index (κ1) is 36.0. The van der Waals surface area contributed by atoms with Crippen molar-refractivity contribution in [3.8, 4) is 40.8 Å². The Bertz CT molecular complexity index is 1580. The second-order valence-corrected chi connectivity index (χ2v) is 8.06. The van der Waals surface area contributed by atoms with Gasteiger partial charge in [-0.05, 0) is 55.0 Å². The number of pyridine rings is 2. The molecule has 43 heavy (non-hydrogen) atoms. The molecule has 0 aliphatic carbocycles. The van der Waals surface area contributed by atoms with Crippen molar-refractivity contribution < 1.29 is 23.7 Å². The van der Waals surface area contributed by atoms with Gasteiger partial charge >= 0.3 is 6.61 Å². The Morgan fingerprint density at radius 2 is 1.72 bits per heavy atom. The number of aliphatic hydroxyl groups is 2. The van der Waals surface area contributed by atoms with E-state index in [-0.39, 0.29) is 5.75 Å². The number of nitrogens with two attached hydrogens (primary N) is 1. The first-order chi connectivity index (χ1) is 20.8. The van der Waals surface area contributed by atoms with Crippen LogP contribution in [0, 0.1) is 19.5 Å². The average Bonchev–Trinajstić information content (AvgIpc) is 3.35. The van der Waals surface area contributed by atoms with Crippen LogP contribution in [0.1, 0.15) is 19.4 Å². The number of aryl methyl sites for hydroxylation is 1. The number of nitrogens with one attached hydrogen (secondary N) is 1. The van der Waals surface area contributed by atoms with Crippen LogP contribution < -0.4 is 15.8 Å². The molecule has 0 bridgehead atoms. The molecule has 1 aromatic carbocycles. The van der Waals surface area contributed by atoms with Crippen molar-refractivity contribution in [2.24, 2.45) is 0 Å². The van der Waals surface area contributed by atoms with E-state index < -0.39 is 6.61 Å². The minimum atomic E-state index is -2.74. The lowest BCUT2D eigenvalue weighted by Gasteiger charge is -2.07. The Morgan fingerprint density at radius 3 is 2.30 bits per heavy atom. The van der Waals surface area contributed by atoms with Crippen molar-refractivity contribution in [3.63, 3.8) is 0 Å². The molecule has 0 radical (unpaired) electrons. The molecule has 0 spiro atoms. The number of halogens is 3. The standard InChI is InChI=1S/C17H14ClN7.C8H8F2O.C2H2O.C2H6.CH4O/c1-20-13-8-11(9-22-16(13)18)12-2-3-14-23-17(19)15(25(14)24-12)10-4-6-21-7-5-10;1-6-3-2-4-7(5-6)11-8(9)10;1-2-3;2*1-2/h2-9,20H,19H2,1H3;2-5,8H,1H3;1,3H;1-2H3;2H,1H3. The van der Waals surface area contributed by atoms with E-state index in [9.17, 15) is 8.78 Å². The number of benzene rings is 1. The highest BCUT2D eigenvalue weighted by molar-refractivity contribution is 6.32. The number of alkyl halides is 2. The third-order valence-corrected chi connectivity index (χ3v) is 5.38. The molecular weight excluding hydrogens is 580 g/mol. The van der Waals surface area contributed by atoms with Gasteiger partial charge in [0.05, 0.1) is 11.4 Å². The molecular formula is C30H34ClF2N7O3. The van der Waals surface area contributed by atoms with Gasteiger partial charge in [-0.1, -0.05) is 44.0 Å². The number of anilines is 2. The summed E-state index contributed by atoms with van der Waals surface area (Å²) in [6, 6.07) is 15.9. The molecule has 0 saturated heterocycles. The Hall–Kier alpha value is -4.99. The molecule has 4 heterocycles. The summed E-state index contributed by atoms with van der Waals surface area (Å²) in [6.45, 7) is 3.08. The molecule has 5 aromatic rings. The maximum atomic E-state index is 11.6. The van der Waals surface area contributed by atoms with Crippen LogP contribution in [0.3, 0.4) is 0 Å². The van der Waals surface area contributed by atoms with Crippen molar-refractivity contribution >= 4 is 28.8 Å². The Kier molecular flexibility index (Phi) is 16.1. The molecule has 4 aromatic heterocycles. The second kappa shape index (κ2) is 19.2. The minimum absolute atomic E-state index is 0.208. The number of aromatic nitrogens is 5. The number of terminal acetylenes is 1. The first-order valence-corrected chi connectivity index (χ1v) is 13.1. The molecule has 0 atom stereocenters. The Morgan fingerprint density at radius 1 is 1.07 bits per heavy atom. The topological polar surface area (TPSA) is 144 Å². The third kappa shape index (κ3) is 10.7. The van der Waals surface area contributed by atoms with Gasteiger partial charge in [0.2, 0.25) is 0 Å². The average molecular weight is 614 g/mol. The van der Waals surface area contributed by atoms with Crippen LogP contribution in [-0.2, 0) is 0 Å². The number of nitrogens with zero attached hydrogens (tertiary/aromatic N) is 5. The number of hydrogen-bond acceptors (Lipinski definition) is 9. The smallest absolute Gasteiger partial charge is 0.387 e. The molecule has 10 nitrogen and oxygen atoms in total. The lowest BCUT2D eigenvalue weighted by Crippen LogP contribution is -2.01. The number of hydrogen-bond donors (Lipinski definition) is 4. The largest absolute Gasteiger partial charge is 0.462 e. The molecule has 5 N–H and O–H groups in total. The number of fused-ring (bicyclic) bond motifs is 1. The van der Waals surface area contributed by atoms with Crippen molar-refractivity contribution in [1.29, 1.82) is 0 Å². The highest BCUT2D eigenvalue weighted by atomic mass is 35.5. The van der Waals surface area contributed by atoms with Crippen molar-refractivity contribution in [2.45, 2.75) is 27.4 Å². The number of rotatable bonds is 5. The maximum Gasteiger partial charge on any atom is 0.387 e. The van der Waals surface area contributed by atoms with E-state index in [1.54, 1.807) is 42.3 Å². The lowest BCUT2D eigenvalue weighted by atomic mass is 10.2. The summed E-state index contributed by atoms with van der Waals surface area (Å²) in [7, 11) is 2.79. The van der Waals surface area contributed by atoms with Crippen LogP contribution >= 0.6 is 11.6 Å². The zero-order valence-electron chi connectivity index (χ0n) is 24.3. The summed E-state index contributed by atoms with van der Waals surface area (Å²) in [4.78, 5) is 12.6. The van der Waals surface area contributed by atoms with E-state index in [2.05, 4.69) is 31.4 Å². The first-order valence-electron chi connectivity index (χ1n) is 12.7. The summed E-state index contributed by atoms with van der Waals surface area (Å²) in [6.07, 6.45) is 10.5. The van der Waals surface area contributed by atoms with Crippen molar-refractivity contribution in [3.05, 3.63) is 83.9 Å². The van der Waals surface area contributed by atoms with Gasteiger partial charge in [-0.2, -0.15) is 13.9 Å². The number of ether oxygens (including phenoxy) is 1. The fraction of sp³-hybridized carbons (Fsp3) is 0.200. The van der Waals surface area contributed by atoms with Crippen LogP contribution in [-0.4, -0.2) is 55.5 Å². The van der Waals surface area contributed by atoms with Gasteiger partial charge in [0.1, 0.15) is 17.5 Å². The molecule has 0 aliphatic heterocycles. The molecule has 0 fully saturated rings. The molecule has 13 heteroatoms. The van der Waals surface area contributed by atoms with Gasteiger partial charge in [-0.25, -0.2) is 14.5 Å². The SMILES string of the molecule is C#CO.CC.CNc1cc(-c2ccc3nc(N)c(-c4ccncc4)n3n2)cnc1Cl.CO.Cc1cccc(OC(F)F)c1. The van der Waals surface area contributed by atoms with Gasteiger partial charge in [0.25, 0.3) is 0 Å². The van der Waals surface area contributed by atoms with Gasteiger partial charge in [0.15, 0.2) is 16.6 Å². The van der Waals surface area contributed by atoms with Crippen LogP contribution in [0.15, 0.2) is 73.2 Å². The van der Waals surface area contributed by atoms with Crippen LogP contribution in [0.2, 0.25) is 5.15 Å². The summed E-state index contributed by atoms with van der Waals surface area (Å²) >= 11 is 6.06. The van der Waals surface area contributed by atoms with E-state index in [4.69, 9.17) is 32.6 Å². The highest BCUT2D eigenvalue weighted by Crippen LogP contribution is 2.29. The summed E-state index contributed by atoms with van der Waals surface area (Å²) in [5, 5.41) is 22.2. The summed E-state index contributed by atoms with van der Waals surface area (Å²) in [5.41, 5.74) is 11.6. The lowest BCUT2D eigenvalue weighted by molar-refractivity contribution is -0.0498. The highest BCUT2D eigenvalue weighted by Gasteiger charge is 2.14. The number of nitrogen functional groups attached to an aromatic ring is 1. The number of imidazole rings is 1. The predicted molar refractivity (Wildman–Crippen MR) is 166 cm³/mol. The van der Waals surface area contributed by atoms with E-state index in [0.717, 1.165) is 40.9 Å². The zero-order chi connectivity index (χ0) is 32.4. The van der Waals surface area contributed by atoms with Gasteiger partial charge < -0.3 is 26.0 Å². The van der Waals surface area contributed by atoms with Gasteiger partial charge in [-0.3, -0.25) is 4.98 Å². The summed E-state index contributed by atoms with van der Waals surface area (Å²) in [5.74, 6) is 0.626.